The van der Waals surface area contributed by atoms with E-state index in [4.69, 9.17) is 5.11 Å². The van der Waals surface area contributed by atoms with Gasteiger partial charge >= 0.3 is 12.3 Å². The summed E-state index contributed by atoms with van der Waals surface area (Å²) in [5, 5.41) is 8.65. The van der Waals surface area contributed by atoms with Crippen LogP contribution < -0.4 is 4.74 Å². The SMILES string of the molecule is CC(/C=C/c1c(C)cc(OC(F)(F)F)c(C)c1C)=C\C=C\C(C)=C\C(=O)O. The first-order valence-electron chi connectivity index (χ1n) is 8.21. The number of carboxylic acid groups (broad SMARTS) is 1. The molecular formula is C21H23F3O3. The van der Waals surface area contributed by atoms with Gasteiger partial charge in [0.05, 0.1) is 0 Å². The van der Waals surface area contributed by atoms with Crippen LogP contribution in [0.1, 0.15) is 36.1 Å². The lowest BCUT2D eigenvalue weighted by Crippen LogP contribution is -2.18. The van der Waals surface area contributed by atoms with Crippen LogP contribution >= 0.6 is 0 Å². The molecule has 3 nitrogen and oxygen atoms in total. The summed E-state index contributed by atoms with van der Waals surface area (Å²) in [7, 11) is 0. The summed E-state index contributed by atoms with van der Waals surface area (Å²) >= 11 is 0. The van der Waals surface area contributed by atoms with Gasteiger partial charge in [-0.25, -0.2) is 4.79 Å². The fraction of sp³-hybridized carbons (Fsp3) is 0.286. The number of aryl methyl sites for hydroxylation is 1. The number of alkyl halides is 3. The average molecular weight is 380 g/mol. The van der Waals surface area contributed by atoms with Crippen LogP contribution in [0.4, 0.5) is 13.2 Å². The van der Waals surface area contributed by atoms with Gasteiger partial charge in [-0.1, -0.05) is 36.0 Å². The molecule has 0 amide bonds. The van der Waals surface area contributed by atoms with Gasteiger partial charge in [0, 0.05) is 6.08 Å². The third-order valence-electron chi connectivity index (χ3n) is 3.92. The molecule has 1 aromatic rings. The molecule has 0 bridgehead atoms. The summed E-state index contributed by atoms with van der Waals surface area (Å²) in [6.45, 7) is 8.63. The van der Waals surface area contributed by atoms with Crippen LogP contribution in [0.15, 0.2) is 47.6 Å². The molecule has 27 heavy (non-hydrogen) atoms. The van der Waals surface area contributed by atoms with Gasteiger partial charge in [-0.2, -0.15) is 0 Å². The first-order valence-corrected chi connectivity index (χ1v) is 8.21. The standard InChI is InChI=1S/C21H23F3O3/c1-13(7-6-8-14(2)11-20(25)26)9-10-18-15(3)12-19(17(5)16(18)4)27-21(22,23)24/h6-12H,1-5H3,(H,25,26)/b8-6+,10-9+,13-7+,14-11+. The summed E-state index contributed by atoms with van der Waals surface area (Å²) in [6.07, 6.45) is 5.30. The van der Waals surface area contributed by atoms with Crippen molar-refractivity contribution in [2.75, 3.05) is 0 Å². The maximum atomic E-state index is 12.5. The molecule has 1 aromatic carbocycles. The number of hydrogen-bond donors (Lipinski definition) is 1. The molecule has 0 aliphatic carbocycles. The topological polar surface area (TPSA) is 46.5 Å². The molecule has 0 saturated carbocycles. The predicted molar refractivity (Wildman–Crippen MR) is 101 cm³/mol. The highest BCUT2D eigenvalue weighted by molar-refractivity contribution is 5.81. The van der Waals surface area contributed by atoms with E-state index in [1.54, 1.807) is 39.8 Å². The molecule has 0 heterocycles. The third kappa shape index (κ3) is 7.56. The summed E-state index contributed by atoms with van der Waals surface area (Å²) < 4.78 is 41.6. The van der Waals surface area contributed by atoms with Crippen LogP contribution in [0, 0.1) is 20.8 Å². The highest BCUT2D eigenvalue weighted by Crippen LogP contribution is 2.32. The molecule has 0 radical (unpaired) electrons. The molecular weight excluding hydrogens is 357 g/mol. The summed E-state index contributed by atoms with van der Waals surface area (Å²) in [6, 6.07) is 1.38. The molecule has 0 saturated heterocycles. The highest BCUT2D eigenvalue weighted by atomic mass is 19.4. The molecule has 0 aliphatic rings. The number of halogens is 3. The maximum Gasteiger partial charge on any atom is 0.573 e. The van der Waals surface area contributed by atoms with Gasteiger partial charge in [0.15, 0.2) is 0 Å². The van der Waals surface area contributed by atoms with Gasteiger partial charge in [-0.05, 0) is 68.5 Å². The molecule has 0 spiro atoms. The largest absolute Gasteiger partial charge is 0.573 e. The molecule has 1 rings (SSSR count). The van der Waals surface area contributed by atoms with Gasteiger partial charge < -0.3 is 9.84 Å². The van der Waals surface area contributed by atoms with E-state index in [0.717, 1.165) is 17.2 Å². The molecule has 6 heteroatoms. The van der Waals surface area contributed by atoms with Crippen molar-refractivity contribution in [3.8, 4) is 5.75 Å². The minimum Gasteiger partial charge on any atom is -0.478 e. The lowest BCUT2D eigenvalue weighted by atomic mass is 9.96. The Morgan fingerprint density at radius 1 is 1.07 bits per heavy atom. The first kappa shape index (κ1) is 22.3. The summed E-state index contributed by atoms with van der Waals surface area (Å²) in [5.74, 6) is -1.19. The van der Waals surface area contributed by atoms with Gasteiger partial charge in [-0.15, -0.1) is 13.2 Å². The number of ether oxygens (including phenoxy) is 1. The number of benzene rings is 1. The quantitative estimate of drug-likeness (QED) is 0.482. The van der Waals surface area contributed by atoms with Crippen molar-refractivity contribution < 1.29 is 27.8 Å². The minimum absolute atomic E-state index is 0.189. The normalized spacial score (nSPS) is 13.6. The second-order valence-corrected chi connectivity index (χ2v) is 6.23. The van der Waals surface area contributed by atoms with Crippen molar-refractivity contribution in [3.05, 3.63) is 69.8 Å². The molecule has 0 aromatic heterocycles. The monoisotopic (exact) mass is 380 g/mol. The van der Waals surface area contributed by atoms with Crippen LogP contribution in [0.2, 0.25) is 0 Å². The highest BCUT2D eigenvalue weighted by Gasteiger charge is 2.32. The van der Waals surface area contributed by atoms with Crippen molar-refractivity contribution >= 4 is 12.0 Å². The van der Waals surface area contributed by atoms with Crippen molar-refractivity contribution in [2.45, 2.75) is 41.0 Å². The van der Waals surface area contributed by atoms with Crippen LogP contribution in [0.5, 0.6) is 5.75 Å². The third-order valence-corrected chi connectivity index (χ3v) is 3.92. The number of allylic oxidation sites excluding steroid dienone is 6. The van der Waals surface area contributed by atoms with Crippen molar-refractivity contribution in [1.82, 2.24) is 0 Å². The van der Waals surface area contributed by atoms with Crippen LogP contribution in [-0.4, -0.2) is 17.4 Å². The Bertz CT molecular complexity index is 826. The van der Waals surface area contributed by atoms with Crippen molar-refractivity contribution in [2.24, 2.45) is 0 Å². The summed E-state index contributed by atoms with van der Waals surface area (Å²) in [4.78, 5) is 10.5. The van der Waals surface area contributed by atoms with E-state index in [2.05, 4.69) is 4.74 Å². The van der Waals surface area contributed by atoms with E-state index in [9.17, 15) is 18.0 Å². The number of hydrogen-bond acceptors (Lipinski definition) is 2. The Morgan fingerprint density at radius 3 is 2.26 bits per heavy atom. The lowest BCUT2D eigenvalue weighted by Gasteiger charge is -2.16. The molecule has 0 aliphatic heterocycles. The summed E-state index contributed by atoms with van der Waals surface area (Å²) in [5.41, 5.74) is 4.18. The zero-order chi connectivity index (χ0) is 20.8. The Morgan fingerprint density at radius 2 is 1.70 bits per heavy atom. The van der Waals surface area contributed by atoms with E-state index >= 15 is 0 Å². The predicted octanol–water partition coefficient (Wildman–Crippen LogP) is 6.06. The Hall–Kier alpha value is -2.76. The smallest absolute Gasteiger partial charge is 0.478 e. The fourth-order valence-corrected chi connectivity index (χ4v) is 2.42. The fourth-order valence-electron chi connectivity index (χ4n) is 2.42. The van der Waals surface area contributed by atoms with E-state index in [0.29, 0.717) is 22.3 Å². The van der Waals surface area contributed by atoms with Crippen molar-refractivity contribution in [3.63, 3.8) is 0 Å². The van der Waals surface area contributed by atoms with Crippen LogP contribution in [0.3, 0.4) is 0 Å². The van der Waals surface area contributed by atoms with E-state index in [1.165, 1.54) is 6.07 Å². The van der Waals surface area contributed by atoms with Crippen LogP contribution in [-0.2, 0) is 4.79 Å². The van der Waals surface area contributed by atoms with E-state index in [1.807, 2.05) is 25.2 Å². The zero-order valence-corrected chi connectivity index (χ0v) is 15.9. The minimum atomic E-state index is -4.72. The van der Waals surface area contributed by atoms with Crippen LogP contribution in [0.25, 0.3) is 6.08 Å². The number of carboxylic acids is 1. The van der Waals surface area contributed by atoms with Gasteiger partial charge in [0.25, 0.3) is 0 Å². The number of rotatable bonds is 6. The maximum absolute atomic E-state index is 12.5. The average Bonchev–Trinajstić information content (AvgIpc) is 2.50. The Labute approximate surface area is 157 Å². The second-order valence-electron chi connectivity index (χ2n) is 6.23. The molecule has 1 N–H and O–H groups in total. The van der Waals surface area contributed by atoms with E-state index in [-0.39, 0.29) is 5.75 Å². The van der Waals surface area contributed by atoms with Crippen molar-refractivity contribution in [1.29, 1.82) is 0 Å². The van der Waals surface area contributed by atoms with E-state index < -0.39 is 12.3 Å². The first-order chi connectivity index (χ1) is 12.4. The molecule has 146 valence electrons. The zero-order valence-electron chi connectivity index (χ0n) is 15.9. The van der Waals surface area contributed by atoms with Gasteiger partial charge in [-0.3, -0.25) is 0 Å². The van der Waals surface area contributed by atoms with Gasteiger partial charge in [0.1, 0.15) is 5.75 Å². The molecule has 0 atom stereocenters. The molecule has 0 fully saturated rings. The van der Waals surface area contributed by atoms with Gasteiger partial charge in [0.2, 0.25) is 0 Å². The lowest BCUT2D eigenvalue weighted by molar-refractivity contribution is -0.274. The Kier molecular flexibility index (Phi) is 7.64. The number of carbonyl (C=O) groups is 1. The Balaban J connectivity index is 3.04. The molecule has 0 unspecified atom stereocenters. The number of aliphatic carboxylic acids is 1. The second kappa shape index (κ2) is 9.26.